The van der Waals surface area contributed by atoms with Crippen molar-refractivity contribution in [3.63, 3.8) is 0 Å². The first-order valence-corrected chi connectivity index (χ1v) is 10.5. The van der Waals surface area contributed by atoms with E-state index in [1.165, 1.54) is 11.8 Å². The monoisotopic (exact) mass is 507 g/mol. The van der Waals surface area contributed by atoms with Gasteiger partial charge in [0.15, 0.2) is 11.0 Å². The zero-order valence-electron chi connectivity index (χ0n) is 14.3. The minimum absolute atomic E-state index is 0.195. The summed E-state index contributed by atoms with van der Waals surface area (Å²) in [6.45, 7) is 0. The van der Waals surface area contributed by atoms with E-state index >= 15 is 0 Å². The molecule has 1 heterocycles. The number of nitrogens with zero attached hydrogens (tertiary/aromatic N) is 4. The molecule has 0 radical (unpaired) electrons. The third kappa shape index (κ3) is 5.50. The van der Waals surface area contributed by atoms with Crippen LogP contribution in [0.3, 0.4) is 0 Å². The fourth-order valence-corrected chi connectivity index (χ4v) is 3.77. The van der Waals surface area contributed by atoms with E-state index in [9.17, 15) is 4.79 Å². The molecule has 0 spiro atoms. The van der Waals surface area contributed by atoms with E-state index in [1.54, 1.807) is 6.21 Å². The van der Waals surface area contributed by atoms with Crippen molar-refractivity contribution in [1.29, 1.82) is 0 Å². The summed E-state index contributed by atoms with van der Waals surface area (Å²) < 4.78 is 3.79. The maximum absolute atomic E-state index is 12.0. The lowest BCUT2D eigenvalue weighted by Gasteiger charge is -2.04. The van der Waals surface area contributed by atoms with E-state index in [-0.39, 0.29) is 11.7 Å². The molecule has 2 aromatic carbocycles. The molecule has 27 heavy (non-hydrogen) atoms. The second kappa shape index (κ2) is 9.29. The molecular weight excluding hydrogens is 494 g/mol. The molecule has 0 saturated heterocycles. The number of carbonyl (C=O) groups is 1. The van der Waals surface area contributed by atoms with E-state index in [1.807, 2.05) is 60.1 Å². The Hall–Kier alpha value is -1.97. The smallest absolute Gasteiger partial charge is 0.250 e. The van der Waals surface area contributed by atoms with Crippen molar-refractivity contribution >= 4 is 55.7 Å². The van der Waals surface area contributed by atoms with Crippen LogP contribution >= 0.6 is 43.6 Å². The lowest BCUT2D eigenvalue weighted by Crippen LogP contribution is -2.19. The SMILES string of the molecule is Cn1c(SCC(=O)NN=Cc2cccc(Br)c2)nnc1-c1cccc(Br)c1. The molecule has 1 aromatic heterocycles. The number of amides is 1. The first-order valence-electron chi connectivity index (χ1n) is 7.88. The van der Waals surface area contributed by atoms with Crippen LogP contribution in [-0.4, -0.2) is 32.6 Å². The molecule has 1 amide bonds. The van der Waals surface area contributed by atoms with E-state index in [0.29, 0.717) is 5.16 Å². The number of rotatable bonds is 6. The Balaban J connectivity index is 1.56. The number of nitrogens with one attached hydrogen (secondary N) is 1. The van der Waals surface area contributed by atoms with Gasteiger partial charge in [-0.05, 0) is 29.8 Å². The minimum atomic E-state index is -0.210. The first-order chi connectivity index (χ1) is 13.0. The van der Waals surface area contributed by atoms with Gasteiger partial charge in [0, 0.05) is 21.6 Å². The van der Waals surface area contributed by atoms with Crippen molar-refractivity contribution in [1.82, 2.24) is 20.2 Å². The van der Waals surface area contributed by atoms with Crippen LogP contribution in [0.5, 0.6) is 0 Å². The average molecular weight is 509 g/mol. The van der Waals surface area contributed by atoms with Crippen molar-refractivity contribution in [2.24, 2.45) is 12.1 Å². The molecule has 0 aliphatic carbocycles. The Morgan fingerprint density at radius 2 is 1.93 bits per heavy atom. The van der Waals surface area contributed by atoms with Gasteiger partial charge in [-0.15, -0.1) is 10.2 Å². The number of hydrogen-bond donors (Lipinski definition) is 1. The van der Waals surface area contributed by atoms with Gasteiger partial charge in [-0.2, -0.15) is 5.10 Å². The Kier molecular flexibility index (Phi) is 6.81. The molecule has 138 valence electrons. The third-order valence-electron chi connectivity index (χ3n) is 3.50. The molecule has 0 saturated carbocycles. The topological polar surface area (TPSA) is 72.2 Å². The van der Waals surface area contributed by atoms with Crippen molar-refractivity contribution in [3.8, 4) is 11.4 Å². The molecule has 0 unspecified atom stereocenters. The van der Waals surface area contributed by atoms with Crippen LogP contribution in [0.2, 0.25) is 0 Å². The Morgan fingerprint density at radius 3 is 2.67 bits per heavy atom. The van der Waals surface area contributed by atoms with Gasteiger partial charge in [0.25, 0.3) is 5.91 Å². The van der Waals surface area contributed by atoms with Crippen molar-refractivity contribution < 1.29 is 4.79 Å². The van der Waals surface area contributed by atoms with Gasteiger partial charge in [-0.1, -0.05) is 67.9 Å². The molecule has 0 fully saturated rings. The lowest BCUT2D eigenvalue weighted by molar-refractivity contribution is -0.118. The molecule has 0 aliphatic rings. The van der Waals surface area contributed by atoms with Gasteiger partial charge in [0.1, 0.15) is 0 Å². The maximum Gasteiger partial charge on any atom is 0.250 e. The largest absolute Gasteiger partial charge is 0.305 e. The number of carbonyl (C=O) groups excluding carboxylic acids is 1. The Bertz CT molecular complexity index is 989. The van der Waals surface area contributed by atoms with Crippen LogP contribution in [0.1, 0.15) is 5.56 Å². The van der Waals surface area contributed by atoms with E-state index in [0.717, 1.165) is 25.9 Å². The molecule has 0 atom stereocenters. The fraction of sp³-hybridized carbons (Fsp3) is 0.111. The van der Waals surface area contributed by atoms with Crippen LogP contribution in [-0.2, 0) is 11.8 Å². The van der Waals surface area contributed by atoms with E-state index < -0.39 is 0 Å². The summed E-state index contributed by atoms with van der Waals surface area (Å²) in [4.78, 5) is 12.0. The van der Waals surface area contributed by atoms with Crippen LogP contribution < -0.4 is 5.43 Å². The summed E-state index contributed by atoms with van der Waals surface area (Å²) in [5, 5.41) is 13.0. The summed E-state index contributed by atoms with van der Waals surface area (Å²) in [5.74, 6) is 0.727. The summed E-state index contributed by atoms with van der Waals surface area (Å²) in [7, 11) is 1.88. The van der Waals surface area contributed by atoms with Gasteiger partial charge < -0.3 is 4.57 Å². The first kappa shape index (κ1) is 19.8. The number of halogens is 2. The number of benzene rings is 2. The molecule has 9 heteroatoms. The second-order valence-corrected chi connectivity index (χ2v) is 8.29. The third-order valence-corrected chi connectivity index (χ3v) is 5.51. The lowest BCUT2D eigenvalue weighted by atomic mass is 10.2. The highest BCUT2D eigenvalue weighted by Crippen LogP contribution is 2.24. The molecule has 0 aliphatic heterocycles. The molecule has 3 rings (SSSR count). The Morgan fingerprint density at radius 1 is 1.19 bits per heavy atom. The average Bonchev–Trinajstić information content (AvgIpc) is 3.01. The zero-order chi connectivity index (χ0) is 19.2. The van der Waals surface area contributed by atoms with Gasteiger partial charge in [0.2, 0.25) is 0 Å². The highest BCUT2D eigenvalue weighted by atomic mass is 79.9. The molecule has 1 N–H and O–H groups in total. The predicted molar refractivity (Wildman–Crippen MR) is 115 cm³/mol. The van der Waals surface area contributed by atoms with Gasteiger partial charge in [0.05, 0.1) is 12.0 Å². The van der Waals surface area contributed by atoms with Crippen molar-refractivity contribution in [2.45, 2.75) is 5.16 Å². The summed E-state index contributed by atoms with van der Waals surface area (Å²) in [6.07, 6.45) is 1.60. The number of hydrazone groups is 1. The van der Waals surface area contributed by atoms with Crippen LogP contribution in [0.25, 0.3) is 11.4 Å². The molecule has 6 nitrogen and oxygen atoms in total. The Labute approximate surface area is 177 Å². The minimum Gasteiger partial charge on any atom is -0.305 e. The van der Waals surface area contributed by atoms with Crippen LogP contribution in [0.15, 0.2) is 67.7 Å². The summed E-state index contributed by atoms with van der Waals surface area (Å²) in [5.41, 5.74) is 4.36. The number of thioether (sulfide) groups is 1. The number of aromatic nitrogens is 3. The second-order valence-electron chi connectivity index (χ2n) is 5.51. The molecular formula is C18H15Br2N5OS. The summed E-state index contributed by atoms with van der Waals surface area (Å²) >= 11 is 8.15. The predicted octanol–water partition coefficient (Wildman–Crippen LogP) is 4.25. The van der Waals surface area contributed by atoms with Crippen molar-refractivity contribution in [3.05, 3.63) is 63.0 Å². The molecule has 0 bridgehead atoms. The van der Waals surface area contributed by atoms with Crippen molar-refractivity contribution in [2.75, 3.05) is 5.75 Å². The normalized spacial score (nSPS) is 11.1. The van der Waals surface area contributed by atoms with E-state index in [2.05, 4.69) is 52.6 Å². The van der Waals surface area contributed by atoms with Crippen LogP contribution in [0.4, 0.5) is 0 Å². The maximum atomic E-state index is 12.0. The molecule has 3 aromatic rings. The van der Waals surface area contributed by atoms with E-state index in [4.69, 9.17) is 0 Å². The van der Waals surface area contributed by atoms with Gasteiger partial charge in [-0.3, -0.25) is 4.79 Å². The number of hydrogen-bond acceptors (Lipinski definition) is 5. The highest BCUT2D eigenvalue weighted by Gasteiger charge is 2.13. The van der Waals surface area contributed by atoms with Gasteiger partial charge >= 0.3 is 0 Å². The zero-order valence-corrected chi connectivity index (χ0v) is 18.3. The highest BCUT2D eigenvalue weighted by molar-refractivity contribution is 9.10. The fourth-order valence-electron chi connectivity index (χ4n) is 2.25. The standard InChI is InChI=1S/C18H15Br2N5OS/c1-25-17(13-5-3-7-15(20)9-13)23-24-18(25)27-11-16(26)22-21-10-12-4-2-6-14(19)8-12/h2-10H,11H2,1H3,(H,22,26). The quantitative estimate of drug-likeness (QED) is 0.307. The van der Waals surface area contributed by atoms with Crippen LogP contribution in [0, 0.1) is 0 Å². The van der Waals surface area contributed by atoms with Gasteiger partial charge in [-0.25, -0.2) is 5.43 Å². The summed E-state index contributed by atoms with van der Waals surface area (Å²) in [6, 6.07) is 15.5.